The SMILES string of the molecule is CCCCN(C)S(=O)(=O)N1CCOC(C(=O)O)C1. The van der Waals surface area contributed by atoms with E-state index in [0.29, 0.717) is 6.54 Å². The molecule has 7 nitrogen and oxygen atoms in total. The van der Waals surface area contributed by atoms with Gasteiger partial charge in [-0.3, -0.25) is 0 Å². The summed E-state index contributed by atoms with van der Waals surface area (Å²) in [6.45, 7) is 2.60. The summed E-state index contributed by atoms with van der Waals surface area (Å²) >= 11 is 0. The lowest BCUT2D eigenvalue weighted by atomic mass is 10.3. The van der Waals surface area contributed by atoms with Crippen molar-refractivity contribution in [2.24, 2.45) is 0 Å². The summed E-state index contributed by atoms with van der Waals surface area (Å²) in [5, 5.41) is 8.84. The van der Waals surface area contributed by atoms with Crippen LogP contribution in [0.25, 0.3) is 0 Å². The highest BCUT2D eigenvalue weighted by atomic mass is 32.2. The lowest BCUT2D eigenvalue weighted by Crippen LogP contribution is -2.52. The zero-order valence-corrected chi connectivity index (χ0v) is 11.5. The maximum atomic E-state index is 12.2. The number of rotatable bonds is 6. The predicted molar refractivity (Wildman–Crippen MR) is 65.4 cm³/mol. The molecule has 0 aliphatic carbocycles. The minimum atomic E-state index is -3.58. The summed E-state index contributed by atoms with van der Waals surface area (Å²) in [6, 6.07) is 0. The number of nitrogens with zero attached hydrogens (tertiary/aromatic N) is 2. The maximum Gasteiger partial charge on any atom is 0.334 e. The maximum absolute atomic E-state index is 12.2. The summed E-state index contributed by atoms with van der Waals surface area (Å²) in [5.74, 6) is -1.13. The van der Waals surface area contributed by atoms with E-state index in [0.717, 1.165) is 12.8 Å². The molecule has 1 fully saturated rings. The van der Waals surface area contributed by atoms with E-state index in [4.69, 9.17) is 9.84 Å². The van der Waals surface area contributed by atoms with E-state index in [-0.39, 0.29) is 19.7 Å². The molecular weight excluding hydrogens is 260 g/mol. The van der Waals surface area contributed by atoms with Gasteiger partial charge in [-0.15, -0.1) is 0 Å². The van der Waals surface area contributed by atoms with Crippen LogP contribution in [-0.4, -0.2) is 67.5 Å². The van der Waals surface area contributed by atoms with Crippen LogP contribution in [0, 0.1) is 0 Å². The summed E-state index contributed by atoms with van der Waals surface area (Å²) in [6.07, 6.45) is 0.608. The molecule has 1 N–H and O–H groups in total. The van der Waals surface area contributed by atoms with Crippen LogP contribution in [-0.2, 0) is 19.7 Å². The van der Waals surface area contributed by atoms with E-state index >= 15 is 0 Å². The average Bonchev–Trinajstić information content (AvgIpc) is 2.35. The molecule has 1 heterocycles. The Labute approximate surface area is 108 Å². The summed E-state index contributed by atoms with van der Waals surface area (Å²) in [4.78, 5) is 10.8. The highest BCUT2D eigenvalue weighted by Crippen LogP contribution is 2.13. The van der Waals surface area contributed by atoms with E-state index in [1.807, 2.05) is 6.92 Å². The first kappa shape index (κ1) is 15.4. The number of unbranched alkanes of at least 4 members (excludes halogenated alkanes) is 1. The van der Waals surface area contributed by atoms with Gasteiger partial charge >= 0.3 is 5.97 Å². The highest BCUT2D eigenvalue weighted by molar-refractivity contribution is 7.86. The first-order chi connectivity index (χ1) is 8.39. The van der Waals surface area contributed by atoms with Crippen LogP contribution in [0.15, 0.2) is 0 Å². The molecule has 1 rings (SSSR count). The van der Waals surface area contributed by atoms with E-state index < -0.39 is 22.3 Å². The Bertz CT molecular complexity index is 384. The van der Waals surface area contributed by atoms with Crippen molar-refractivity contribution in [3.8, 4) is 0 Å². The lowest BCUT2D eigenvalue weighted by Gasteiger charge is -2.32. The Kier molecular flexibility index (Phi) is 5.51. The fourth-order valence-electron chi connectivity index (χ4n) is 1.68. The zero-order valence-electron chi connectivity index (χ0n) is 10.7. The number of carboxylic acid groups (broad SMARTS) is 1. The van der Waals surface area contributed by atoms with Gasteiger partial charge in [-0.2, -0.15) is 17.0 Å². The van der Waals surface area contributed by atoms with Crippen LogP contribution in [0.5, 0.6) is 0 Å². The van der Waals surface area contributed by atoms with Gasteiger partial charge in [0.1, 0.15) is 0 Å². The molecule has 0 aromatic rings. The van der Waals surface area contributed by atoms with E-state index in [9.17, 15) is 13.2 Å². The van der Waals surface area contributed by atoms with Crippen molar-refractivity contribution in [3.63, 3.8) is 0 Å². The van der Waals surface area contributed by atoms with E-state index in [2.05, 4.69) is 0 Å². The molecule has 106 valence electrons. The minimum Gasteiger partial charge on any atom is -0.479 e. The van der Waals surface area contributed by atoms with Gasteiger partial charge in [-0.25, -0.2) is 4.79 Å². The fraction of sp³-hybridized carbons (Fsp3) is 0.900. The van der Waals surface area contributed by atoms with Gasteiger partial charge in [0, 0.05) is 20.1 Å². The van der Waals surface area contributed by atoms with Crippen LogP contribution in [0.4, 0.5) is 0 Å². The largest absolute Gasteiger partial charge is 0.479 e. The Morgan fingerprint density at radius 3 is 2.78 bits per heavy atom. The monoisotopic (exact) mass is 280 g/mol. The molecule has 0 saturated carbocycles. The molecule has 0 radical (unpaired) electrons. The fourth-order valence-corrected chi connectivity index (χ4v) is 3.06. The number of carbonyl (C=O) groups is 1. The Balaban J connectivity index is 2.69. The first-order valence-electron chi connectivity index (χ1n) is 5.95. The van der Waals surface area contributed by atoms with Crippen LogP contribution in [0.2, 0.25) is 0 Å². The van der Waals surface area contributed by atoms with E-state index in [1.165, 1.54) is 15.7 Å². The van der Waals surface area contributed by atoms with Crippen molar-refractivity contribution in [2.45, 2.75) is 25.9 Å². The number of ether oxygens (including phenoxy) is 1. The molecule has 0 amide bonds. The first-order valence-corrected chi connectivity index (χ1v) is 7.35. The topological polar surface area (TPSA) is 87.2 Å². The quantitative estimate of drug-likeness (QED) is 0.725. The standard InChI is InChI=1S/C10H20N2O5S/c1-3-4-5-11(2)18(15,16)12-6-7-17-9(8-12)10(13)14/h9H,3-8H2,1-2H3,(H,13,14). The molecule has 1 atom stereocenters. The van der Waals surface area contributed by atoms with Gasteiger partial charge in [0.25, 0.3) is 10.2 Å². The third-order valence-corrected chi connectivity index (χ3v) is 4.81. The highest BCUT2D eigenvalue weighted by Gasteiger charge is 2.34. The van der Waals surface area contributed by atoms with Crippen molar-refractivity contribution in [3.05, 3.63) is 0 Å². The van der Waals surface area contributed by atoms with Gasteiger partial charge < -0.3 is 9.84 Å². The second-order valence-electron chi connectivity index (χ2n) is 4.24. The molecule has 0 aromatic heterocycles. The van der Waals surface area contributed by atoms with Crippen molar-refractivity contribution in [2.75, 3.05) is 33.3 Å². The second-order valence-corrected chi connectivity index (χ2v) is 6.27. The van der Waals surface area contributed by atoms with Crippen LogP contribution in [0.1, 0.15) is 19.8 Å². The number of morpholine rings is 1. The molecule has 0 spiro atoms. The third kappa shape index (κ3) is 3.64. The van der Waals surface area contributed by atoms with E-state index in [1.54, 1.807) is 0 Å². The molecule has 0 aromatic carbocycles. The van der Waals surface area contributed by atoms with Crippen LogP contribution < -0.4 is 0 Å². The van der Waals surface area contributed by atoms with Crippen molar-refractivity contribution >= 4 is 16.2 Å². The number of hydrogen-bond acceptors (Lipinski definition) is 4. The third-order valence-electron chi connectivity index (χ3n) is 2.85. The Morgan fingerprint density at radius 1 is 1.56 bits per heavy atom. The summed E-state index contributed by atoms with van der Waals surface area (Å²) in [5.41, 5.74) is 0. The molecule has 8 heteroatoms. The molecule has 18 heavy (non-hydrogen) atoms. The second kappa shape index (κ2) is 6.46. The van der Waals surface area contributed by atoms with Gasteiger partial charge in [0.15, 0.2) is 6.10 Å². The lowest BCUT2D eigenvalue weighted by molar-refractivity contribution is -0.153. The number of carboxylic acids is 1. The number of aliphatic carboxylic acids is 1. The van der Waals surface area contributed by atoms with Crippen molar-refractivity contribution in [1.29, 1.82) is 0 Å². The zero-order chi connectivity index (χ0) is 13.8. The Hall–Kier alpha value is -0.700. The van der Waals surface area contributed by atoms with Crippen LogP contribution in [0.3, 0.4) is 0 Å². The van der Waals surface area contributed by atoms with Crippen molar-refractivity contribution in [1.82, 2.24) is 8.61 Å². The molecule has 1 aliphatic rings. The number of hydrogen-bond donors (Lipinski definition) is 1. The molecular formula is C10H20N2O5S. The van der Waals surface area contributed by atoms with Gasteiger partial charge in [0.2, 0.25) is 0 Å². The molecule has 1 unspecified atom stereocenters. The van der Waals surface area contributed by atoms with Gasteiger partial charge in [-0.05, 0) is 6.42 Å². The van der Waals surface area contributed by atoms with Crippen molar-refractivity contribution < 1.29 is 23.1 Å². The molecule has 0 bridgehead atoms. The van der Waals surface area contributed by atoms with Gasteiger partial charge in [0.05, 0.1) is 13.2 Å². The smallest absolute Gasteiger partial charge is 0.334 e. The predicted octanol–water partition coefficient (Wildman–Crippen LogP) is -0.251. The summed E-state index contributed by atoms with van der Waals surface area (Å²) in [7, 11) is -2.07. The van der Waals surface area contributed by atoms with Crippen LogP contribution >= 0.6 is 0 Å². The minimum absolute atomic E-state index is 0.109. The normalized spacial score (nSPS) is 22.3. The molecule has 1 saturated heterocycles. The summed E-state index contributed by atoms with van der Waals surface area (Å²) < 4.78 is 31.8. The van der Waals surface area contributed by atoms with Gasteiger partial charge in [-0.1, -0.05) is 13.3 Å². The average molecular weight is 280 g/mol. The molecule has 1 aliphatic heterocycles. The Morgan fingerprint density at radius 2 is 2.22 bits per heavy atom.